The van der Waals surface area contributed by atoms with Crippen molar-refractivity contribution in [3.05, 3.63) is 59.9 Å². The van der Waals surface area contributed by atoms with E-state index in [1.807, 2.05) is 30.3 Å². The Labute approximate surface area is 124 Å². The molecule has 110 valence electrons. The summed E-state index contributed by atoms with van der Waals surface area (Å²) in [5.74, 6) is 0.634. The Balaban J connectivity index is 2.00. The first kappa shape index (κ1) is 13.9. The van der Waals surface area contributed by atoms with Crippen molar-refractivity contribution >= 4 is 5.69 Å². The third-order valence-electron chi connectivity index (χ3n) is 3.81. The second kappa shape index (κ2) is 6.14. The van der Waals surface area contributed by atoms with Gasteiger partial charge < -0.3 is 15.4 Å². The molecular weight excluding hydrogens is 267 g/mol. The van der Waals surface area contributed by atoms with Crippen molar-refractivity contribution in [1.82, 2.24) is 0 Å². The summed E-state index contributed by atoms with van der Waals surface area (Å²) < 4.78 is 19.3. The Kier molecular flexibility index (Phi) is 4.06. The average molecular weight is 286 g/mol. The molecule has 1 aliphatic heterocycles. The van der Waals surface area contributed by atoms with Crippen molar-refractivity contribution in [2.45, 2.75) is 12.5 Å². The van der Waals surface area contributed by atoms with Gasteiger partial charge in [-0.1, -0.05) is 24.3 Å². The summed E-state index contributed by atoms with van der Waals surface area (Å²) in [7, 11) is 0. The molecular formula is C17H19FN2O. The summed E-state index contributed by atoms with van der Waals surface area (Å²) >= 11 is 0. The van der Waals surface area contributed by atoms with Crippen LogP contribution in [0.5, 0.6) is 5.75 Å². The number of ether oxygens (including phenoxy) is 1. The number of fused-ring (bicyclic) bond motifs is 1. The molecule has 3 nitrogen and oxygen atoms in total. The van der Waals surface area contributed by atoms with Crippen LogP contribution >= 0.6 is 0 Å². The molecule has 0 radical (unpaired) electrons. The molecule has 2 N–H and O–H groups in total. The van der Waals surface area contributed by atoms with Gasteiger partial charge in [-0.05, 0) is 36.2 Å². The van der Waals surface area contributed by atoms with E-state index in [0.717, 1.165) is 30.0 Å². The zero-order chi connectivity index (χ0) is 14.7. The minimum atomic E-state index is -0.231. The molecule has 0 amide bonds. The second-order valence-electron chi connectivity index (χ2n) is 5.17. The maximum atomic E-state index is 13.5. The topological polar surface area (TPSA) is 38.5 Å². The predicted molar refractivity (Wildman–Crippen MR) is 82.1 cm³/mol. The van der Waals surface area contributed by atoms with Gasteiger partial charge in [-0.25, -0.2) is 4.39 Å². The van der Waals surface area contributed by atoms with Crippen molar-refractivity contribution in [1.29, 1.82) is 0 Å². The maximum Gasteiger partial charge on any atom is 0.142 e. The molecule has 1 atom stereocenters. The zero-order valence-corrected chi connectivity index (χ0v) is 11.8. The standard InChI is InChI=1S/C17H19FN2O/c18-14-6-3-5-13(11-14)16(12-19)20-9-4-10-21-17-8-2-1-7-15(17)20/h1-3,5-8,11,16H,4,9-10,12,19H2. The van der Waals surface area contributed by atoms with E-state index in [-0.39, 0.29) is 11.9 Å². The van der Waals surface area contributed by atoms with Gasteiger partial charge in [0.1, 0.15) is 11.6 Å². The first-order valence-electron chi connectivity index (χ1n) is 7.23. The van der Waals surface area contributed by atoms with Crippen LogP contribution in [0.3, 0.4) is 0 Å². The number of benzene rings is 2. The van der Waals surface area contributed by atoms with Crippen LogP contribution in [0.25, 0.3) is 0 Å². The SMILES string of the molecule is NCC(c1cccc(F)c1)N1CCCOc2ccccc21. The van der Waals surface area contributed by atoms with Crippen molar-refractivity contribution in [2.24, 2.45) is 5.73 Å². The van der Waals surface area contributed by atoms with Gasteiger partial charge in [0.05, 0.1) is 18.3 Å². The summed E-state index contributed by atoms with van der Waals surface area (Å²) in [6, 6.07) is 14.6. The van der Waals surface area contributed by atoms with Gasteiger partial charge in [0, 0.05) is 13.1 Å². The van der Waals surface area contributed by atoms with Gasteiger partial charge in [-0.3, -0.25) is 0 Å². The van der Waals surface area contributed by atoms with Gasteiger partial charge in [0.2, 0.25) is 0 Å². The number of anilines is 1. The van der Waals surface area contributed by atoms with Crippen LogP contribution in [0.15, 0.2) is 48.5 Å². The highest BCUT2D eigenvalue weighted by molar-refractivity contribution is 5.60. The van der Waals surface area contributed by atoms with Gasteiger partial charge in [-0.15, -0.1) is 0 Å². The third-order valence-corrected chi connectivity index (χ3v) is 3.81. The monoisotopic (exact) mass is 286 g/mol. The number of nitrogens with two attached hydrogens (primary N) is 1. The molecule has 0 bridgehead atoms. The normalized spacial score (nSPS) is 15.8. The highest BCUT2D eigenvalue weighted by atomic mass is 19.1. The fourth-order valence-electron chi connectivity index (χ4n) is 2.83. The zero-order valence-electron chi connectivity index (χ0n) is 11.8. The fraction of sp³-hybridized carbons (Fsp3) is 0.294. The number of nitrogens with zero attached hydrogens (tertiary/aromatic N) is 1. The molecule has 0 spiro atoms. The summed E-state index contributed by atoms with van der Waals surface area (Å²) in [5, 5.41) is 0. The average Bonchev–Trinajstić information content (AvgIpc) is 2.71. The summed E-state index contributed by atoms with van der Waals surface area (Å²) in [6.07, 6.45) is 0.917. The highest BCUT2D eigenvalue weighted by Gasteiger charge is 2.24. The molecule has 1 heterocycles. The Hall–Kier alpha value is -2.07. The fourth-order valence-corrected chi connectivity index (χ4v) is 2.83. The van der Waals surface area contributed by atoms with E-state index in [9.17, 15) is 4.39 Å². The van der Waals surface area contributed by atoms with Crippen LogP contribution in [-0.2, 0) is 0 Å². The van der Waals surface area contributed by atoms with Crippen LogP contribution < -0.4 is 15.4 Å². The lowest BCUT2D eigenvalue weighted by atomic mass is 10.0. The third kappa shape index (κ3) is 2.85. The minimum absolute atomic E-state index is 0.0523. The van der Waals surface area contributed by atoms with Gasteiger partial charge >= 0.3 is 0 Å². The van der Waals surface area contributed by atoms with Crippen LogP contribution in [0, 0.1) is 5.82 Å². The molecule has 3 rings (SSSR count). The van der Waals surface area contributed by atoms with E-state index in [0.29, 0.717) is 13.2 Å². The van der Waals surface area contributed by atoms with E-state index >= 15 is 0 Å². The number of rotatable bonds is 3. The Morgan fingerprint density at radius 2 is 2.05 bits per heavy atom. The van der Waals surface area contributed by atoms with E-state index in [1.165, 1.54) is 6.07 Å². The van der Waals surface area contributed by atoms with E-state index in [1.54, 1.807) is 12.1 Å². The molecule has 0 fully saturated rings. The Morgan fingerprint density at radius 3 is 2.86 bits per heavy atom. The van der Waals surface area contributed by atoms with Crippen LogP contribution in [0.4, 0.5) is 10.1 Å². The molecule has 0 saturated heterocycles. The minimum Gasteiger partial charge on any atom is -0.491 e. The number of hydrogen-bond acceptors (Lipinski definition) is 3. The van der Waals surface area contributed by atoms with E-state index in [4.69, 9.17) is 10.5 Å². The van der Waals surface area contributed by atoms with Gasteiger partial charge in [-0.2, -0.15) is 0 Å². The number of halogens is 1. The second-order valence-corrected chi connectivity index (χ2v) is 5.17. The molecule has 0 aromatic heterocycles. The van der Waals surface area contributed by atoms with Crippen molar-refractivity contribution < 1.29 is 9.13 Å². The number of hydrogen-bond donors (Lipinski definition) is 1. The van der Waals surface area contributed by atoms with Crippen molar-refractivity contribution in [3.63, 3.8) is 0 Å². The van der Waals surface area contributed by atoms with Crippen molar-refractivity contribution in [3.8, 4) is 5.75 Å². The summed E-state index contributed by atoms with van der Waals surface area (Å²) in [5.41, 5.74) is 7.91. The van der Waals surface area contributed by atoms with Crippen molar-refractivity contribution in [2.75, 3.05) is 24.6 Å². The molecule has 0 saturated carbocycles. The lowest BCUT2D eigenvalue weighted by Crippen LogP contribution is -2.34. The van der Waals surface area contributed by atoms with Crippen LogP contribution in [0.1, 0.15) is 18.0 Å². The molecule has 1 aliphatic rings. The quantitative estimate of drug-likeness (QED) is 0.942. The van der Waals surface area contributed by atoms with Crippen LogP contribution in [0.2, 0.25) is 0 Å². The number of para-hydroxylation sites is 2. The first-order chi connectivity index (χ1) is 10.3. The summed E-state index contributed by atoms with van der Waals surface area (Å²) in [4.78, 5) is 2.22. The van der Waals surface area contributed by atoms with Gasteiger partial charge in [0.25, 0.3) is 0 Å². The molecule has 0 aliphatic carbocycles. The predicted octanol–water partition coefficient (Wildman–Crippen LogP) is 3.11. The molecule has 2 aromatic carbocycles. The Morgan fingerprint density at radius 1 is 1.19 bits per heavy atom. The van der Waals surface area contributed by atoms with E-state index in [2.05, 4.69) is 4.90 Å². The highest BCUT2D eigenvalue weighted by Crippen LogP contribution is 2.36. The van der Waals surface area contributed by atoms with Crippen LogP contribution in [-0.4, -0.2) is 19.7 Å². The lowest BCUT2D eigenvalue weighted by Gasteiger charge is -2.32. The Bertz CT molecular complexity index is 617. The molecule has 1 unspecified atom stereocenters. The van der Waals surface area contributed by atoms with Gasteiger partial charge in [0.15, 0.2) is 0 Å². The van der Waals surface area contributed by atoms with E-state index < -0.39 is 0 Å². The molecule has 2 aromatic rings. The molecule has 21 heavy (non-hydrogen) atoms. The molecule has 4 heteroatoms. The maximum absolute atomic E-state index is 13.5. The largest absolute Gasteiger partial charge is 0.491 e. The summed E-state index contributed by atoms with van der Waals surface area (Å²) in [6.45, 7) is 1.96. The first-order valence-corrected chi connectivity index (χ1v) is 7.23. The smallest absolute Gasteiger partial charge is 0.142 e. The lowest BCUT2D eigenvalue weighted by molar-refractivity contribution is 0.322.